The number of benzene rings is 2. The van der Waals surface area contributed by atoms with Crippen LogP contribution in [0.3, 0.4) is 0 Å². The molecule has 0 unspecified atom stereocenters. The maximum absolute atomic E-state index is 12.6. The molecule has 3 rings (SSSR count). The molecule has 0 saturated carbocycles. The maximum Gasteiger partial charge on any atom is 0.255 e. The van der Waals surface area contributed by atoms with Gasteiger partial charge in [-0.25, -0.2) is 4.98 Å². The largest absolute Gasteiger partial charge is 0.497 e. The second kappa shape index (κ2) is 10.7. The van der Waals surface area contributed by atoms with Crippen LogP contribution in [0.4, 0.5) is 5.69 Å². The van der Waals surface area contributed by atoms with E-state index in [0.717, 1.165) is 11.3 Å². The number of hydrogen-bond donors (Lipinski definition) is 2. The molecule has 0 aliphatic carbocycles. The number of aromatic nitrogens is 2. The summed E-state index contributed by atoms with van der Waals surface area (Å²) in [5.74, 6) is 2.12. The second-order valence-corrected chi connectivity index (χ2v) is 7.83. The van der Waals surface area contributed by atoms with Crippen LogP contribution >= 0.6 is 11.8 Å². The lowest BCUT2D eigenvalue weighted by atomic mass is 10.1. The molecule has 2 N–H and O–H groups in total. The van der Waals surface area contributed by atoms with Crippen LogP contribution in [-0.4, -0.2) is 37.2 Å². The van der Waals surface area contributed by atoms with Crippen molar-refractivity contribution in [2.24, 2.45) is 0 Å². The predicted molar refractivity (Wildman–Crippen MR) is 124 cm³/mol. The summed E-state index contributed by atoms with van der Waals surface area (Å²) in [7, 11) is 4.67. The number of thioether (sulfide) groups is 1. The zero-order valence-corrected chi connectivity index (χ0v) is 19.2. The van der Waals surface area contributed by atoms with Crippen molar-refractivity contribution >= 4 is 23.4 Å². The number of hydrogen-bond acceptors (Lipinski definition) is 7. The van der Waals surface area contributed by atoms with E-state index in [4.69, 9.17) is 14.2 Å². The van der Waals surface area contributed by atoms with E-state index in [1.807, 2.05) is 24.3 Å². The van der Waals surface area contributed by atoms with Crippen LogP contribution in [0.15, 0.2) is 52.4 Å². The third kappa shape index (κ3) is 5.82. The van der Waals surface area contributed by atoms with E-state index in [0.29, 0.717) is 39.4 Å². The number of carbonyl (C=O) groups is 1. The molecule has 1 heterocycles. The van der Waals surface area contributed by atoms with E-state index < -0.39 is 0 Å². The number of rotatable bonds is 9. The van der Waals surface area contributed by atoms with Crippen molar-refractivity contribution in [2.75, 3.05) is 26.6 Å². The molecule has 32 heavy (non-hydrogen) atoms. The van der Waals surface area contributed by atoms with Gasteiger partial charge in [-0.3, -0.25) is 9.59 Å². The summed E-state index contributed by atoms with van der Waals surface area (Å²) in [6, 6.07) is 12.8. The number of carbonyl (C=O) groups excluding carboxylic acids is 1. The van der Waals surface area contributed by atoms with Gasteiger partial charge in [0.15, 0.2) is 5.16 Å². The first kappa shape index (κ1) is 23.2. The van der Waals surface area contributed by atoms with Crippen molar-refractivity contribution in [3.05, 3.63) is 69.6 Å². The van der Waals surface area contributed by atoms with Crippen LogP contribution in [0.2, 0.25) is 0 Å². The van der Waals surface area contributed by atoms with Crippen LogP contribution < -0.4 is 25.1 Å². The van der Waals surface area contributed by atoms with E-state index >= 15 is 0 Å². The zero-order valence-electron chi connectivity index (χ0n) is 18.4. The molecule has 8 nitrogen and oxygen atoms in total. The molecule has 2 aromatic carbocycles. The van der Waals surface area contributed by atoms with Crippen molar-refractivity contribution in [1.29, 1.82) is 0 Å². The van der Waals surface area contributed by atoms with E-state index in [2.05, 4.69) is 15.3 Å². The highest BCUT2D eigenvalue weighted by molar-refractivity contribution is 7.98. The Morgan fingerprint density at radius 1 is 1.06 bits per heavy atom. The molecule has 3 aromatic rings. The molecule has 1 amide bonds. The number of aromatic amines is 1. The Hall–Kier alpha value is -3.46. The topological polar surface area (TPSA) is 103 Å². The minimum atomic E-state index is -0.347. The monoisotopic (exact) mass is 455 g/mol. The summed E-state index contributed by atoms with van der Waals surface area (Å²) in [4.78, 5) is 32.4. The van der Waals surface area contributed by atoms with Crippen LogP contribution in [0.5, 0.6) is 17.2 Å². The number of nitrogens with zero attached hydrogens (tertiary/aromatic N) is 1. The number of ether oxygens (including phenoxy) is 3. The van der Waals surface area contributed by atoms with E-state index in [1.165, 1.54) is 18.9 Å². The number of H-pyrrole nitrogens is 1. The average Bonchev–Trinajstić information content (AvgIpc) is 2.80. The van der Waals surface area contributed by atoms with Crippen molar-refractivity contribution in [3.63, 3.8) is 0 Å². The van der Waals surface area contributed by atoms with Gasteiger partial charge in [0.1, 0.15) is 17.2 Å². The maximum atomic E-state index is 12.6. The Balaban J connectivity index is 1.68. The molecule has 0 radical (unpaired) electrons. The normalized spacial score (nSPS) is 10.5. The van der Waals surface area contributed by atoms with E-state index in [1.54, 1.807) is 39.3 Å². The molecule has 0 atom stereocenters. The smallest absolute Gasteiger partial charge is 0.255 e. The molecule has 1 aromatic heterocycles. The van der Waals surface area contributed by atoms with Crippen LogP contribution in [0.25, 0.3) is 0 Å². The minimum absolute atomic E-state index is 0.107. The molecular formula is C23H25N3O5S. The predicted octanol–water partition coefficient (Wildman–Crippen LogP) is 3.58. The Kier molecular flexibility index (Phi) is 7.77. The van der Waals surface area contributed by atoms with Crippen LogP contribution in [-0.2, 0) is 17.0 Å². The lowest BCUT2D eigenvalue weighted by molar-refractivity contribution is -0.115. The summed E-state index contributed by atoms with van der Waals surface area (Å²) in [5.41, 5.74) is 2.04. The van der Waals surface area contributed by atoms with Gasteiger partial charge in [0, 0.05) is 23.1 Å². The fraction of sp³-hybridized carbons (Fsp3) is 0.261. The summed E-state index contributed by atoms with van der Waals surface area (Å²) in [6.45, 7) is 1.72. The summed E-state index contributed by atoms with van der Waals surface area (Å²) >= 11 is 1.41. The van der Waals surface area contributed by atoms with Gasteiger partial charge in [-0.2, -0.15) is 0 Å². The van der Waals surface area contributed by atoms with Crippen molar-refractivity contribution < 1.29 is 19.0 Å². The number of anilines is 1. The van der Waals surface area contributed by atoms with Gasteiger partial charge in [0.2, 0.25) is 5.91 Å². The molecule has 9 heteroatoms. The zero-order chi connectivity index (χ0) is 23.1. The minimum Gasteiger partial charge on any atom is -0.497 e. The van der Waals surface area contributed by atoms with Gasteiger partial charge < -0.3 is 24.5 Å². The van der Waals surface area contributed by atoms with Gasteiger partial charge in [-0.05, 0) is 36.8 Å². The first-order chi connectivity index (χ1) is 15.4. The van der Waals surface area contributed by atoms with Gasteiger partial charge in [-0.1, -0.05) is 23.9 Å². The lowest BCUT2D eigenvalue weighted by Gasteiger charge is -2.12. The summed E-state index contributed by atoms with van der Waals surface area (Å²) in [6.07, 6.45) is -0.107. The fourth-order valence-electron chi connectivity index (χ4n) is 3.03. The Bertz CT molecular complexity index is 1160. The Morgan fingerprint density at radius 3 is 2.50 bits per heavy atom. The fourth-order valence-corrected chi connectivity index (χ4v) is 3.88. The molecule has 0 aliphatic rings. The van der Waals surface area contributed by atoms with Crippen LogP contribution in [0.1, 0.15) is 16.8 Å². The highest BCUT2D eigenvalue weighted by Gasteiger charge is 2.15. The van der Waals surface area contributed by atoms with Crippen molar-refractivity contribution in [1.82, 2.24) is 9.97 Å². The number of methoxy groups -OCH3 is 3. The summed E-state index contributed by atoms with van der Waals surface area (Å²) in [5, 5.41) is 3.27. The molecule has 0 bridgehead atoms. The Labute approximate surface area is 190 Å². The molecule has 0 fully saturated rings. The second-order valence-electron chi connectivity index (χ2n) is 6.87. The highest BCUT2D eigenvalue weighted by Crippen LogP contribution is 2.29. The van der Waals surface area contributed by atoms with Gasteiger partial charge >= 0.3 is 0 Å². The summed E-state index contributed by atoms with van der Waals surface area (Å²) < 4.78 is 15.7. The average molecular weight is 456 g/mol. The molecular weight excluding hydrogens is 430 g/mol. The van der Waals surface area contributed by atoms with Gasteiger partial charge in [-0.15, -0.1) is 0 Å². The van der Waals surface area contributed by atoms with Gasteiger partial charge in [0.25, 0.3) is 5.56 Å². The Morgan fingerprint density at radius 2 is 1.81 bits per heavy atom. The van der Waals surface area contributed by atoms with E-state index in [-0.39, 0.29) is 17.9 Å². The first-order valence-electron chi connectivity index (χ1n) is 9.81. The SMILES string of the molecule is COc1cccc(CSc2nc(C)c(CC(=O)Nc3ccc(OC)cc3OC)c(=O)[nH]2)c1. The van der Waals surface area contributed by atoms with Crippen molar-refractivity contribution in [3.8, 4) is 17.2 Å². The van der Waals surface area contributed by atoms with Gasteiger partial charge in [0.05, 0.1) is 33.4 Å². The molecule has 0 saturated heterocycles. The van der Waals surface area contributed by atoms with E-state index in [9.17, 15) is 9.59 Å². The first-order valence-corrected chi connectivity index (χ1v) is 10.8. The number of aryl methyl sites for hydroxylation is 1. The molecule has 0 spiro atoms. The third-order valence-electron chi connectivity index (χ3n) is 4.73. The lowest BCUT2D eigenvalue weighted by Crippen LogP contribution is -2.24. The number of nitrogens with one attached hydrogen (secondary N) is 2. The standard InChI is InChI=1S/C23H25N3O5S/c1-14-18(12-21(27)25-19-9-8-17(30-3)11-20(19)31-4)22(28)26-23(24-14)32-13-15-6-5-7-16(10-15)29-2/h5-11H,12-13H2,1-4H3,(H,25,27)(H,24,26,28). The van der Waals surface area contributed by atoms with Crippen LogP contribution in [0, 0.1) is 6.92 Å². The molecule has 0 aliphatic heterocycles. The molecule has 168 valence electrons. The highest BCUT2D eigenvalue weighted by atomic mass is 32.2. The number of amides is 1. The quantitative estimate of drug-likeness (QED) is 0.376. The third-order valence-corrected chi connectivity index (χ3v) is 5.67. The van der Waals surface area contributed by atoms with Crippen molar-refractivity contribution in [2.45, 2.75) is 24.3 Å².